The maximum absolute atomic E-state index is 13.2. The number of aryl methyl sites for hydroxylation is 3. The van der Waals surface area contributed by atoms with Crippen molar-refractivity contribution >= 4 is 17.3 Å². The van der Waals surface area contributed by atoms with Gasteiger partial charge in [-0.1, -0.05) is 35.5 Å². The van der Waals surface area contributed by atoms with Crippen LogP contribution in [0.1, 0.15) is 17.7 Å². The molecule has 1 amide bonds. The number of benzene rings is 3. The Morgan fingerprint density at radius 1 is 1.03 bits per heavy atom. The molecule has 0 saturated heterocycles. The van der Waals surface area contributed by atoms with Crippen molar-refractivity contribution in [3.63, 3.8) is 0 Å². The first-order chi connectivity index (χ1) is 16.5. The molecule has 7 nitrogen and oxygen atoms in total. The first kappa shape index (κ1) is 23.0. The molecule has 0 unspecified atom stereocenters. The van der Waals surface area contributed by atoms with Crippen molar-refractivity contribution in [3.05, 3.63) is 90.0 Å². The fraction of sp³-hybridized carbons (Fsp3) is 0.192. The minimum absolute atomic E-state index is 0.171. The van der Waals surface area contributed by atoms with Crippen molar-refractivity contribution in [1.29, 1.82) is 0 Å². The molecule has 1 aromatic heterocycles. The van der Waals surface area contributed by atoms with Gasteiger partial charge in [-0.15, -0.1) is 5.10 Å². The second-order valence-corrected chi connectivity index (χ2v) is 7.93. The lowest BCUT2D eigenvalue weighted by atomic mass is 10.0. The Kier molecular flexibility index (Phi) is 7.17. The van der Waals surface area contributed by atoms with Crippen LogP contribution in [-0.2, 0) is 24.2 Å². The Bertz CT molecular complexity index is 1250. The summed E-state index contributed by atoms with van der Waals surface area (Å²) in [4.78, 5) is 12.5. The van der Waals surface area contributed by atoms with Gasteiger partial charge < -0.3 is 15.8 Å². The molecule has 0 atom stereocenters. The maximum atomic E-state index is 13.2. The summed E-state index contributed by atoms with van der Waals surface area (Å²) in [7, 11) is 1.65. The first-order valence-corrected chi connectivity index (χ1v) is 11.0. The fourth-order valence-electron chi connectivity index (χ4n) is 3.54. The molecule has 4 rings (SSSR count). The molecule has 0 bridgehead atoms. The number of carbonyl (C=O) groups excluding carboxylic acids is 1. The van der Waals surface area contributed by atoms with Crippen LogP contribution in [0.15, 0.2) is 72.9 Å². The van der Waals surface area contributed by atoms with E-state index in [-0.39, 0.29) is 18.1 Å². The number of methoxy groups -OCH3 is 1. The first-order valence-electron chi connectivity index (χ1n) is 11.0. The van der Waals surface area contributed by atoms with E-state index in [1.54, 1.807) is 36.1 Å². The van der Waals surface area contributed by atoms with Crippen molar-refractivity contribution in [2.45, 2.75) is 25.8 Å². The molecule has 4 aromatic rings. The van der Waals surface area contributed by atoms with E-state index in [2.05, 4.69) is 15.6 Å². The van der Waals surface area contributed by atoms with E-state index in [0.717, 1.165) is 29.0 Å². The highest BCUT2D eigenvalue weighted by molar-refractivity contribution is 5.95. The number of nitrogen functional groups attached to an aromatic ring is 1. The van der Waals surface area contributed by atoms with Crippen LogP contribution in [0.25, 0.3) is 11.1 Å². The average molecular weight is 460 g/mol. The number of carbonyl (C=O) groups is 1. The zero-order chi connectivity index (χ0) is 23.9. The van der Waals surface area contributed by atoms with Gasteiger partial charge in [0, 0.05) is 25.6 Å². The van der Waals surface area contributed by atoms with Gasteiger partial charge in [-0.2, -0.15) is 0 Å². The number of halogens is 1. The van der Waals surface area contributed by atoms with Crippen molar-refractivity contribution in [1.82, 2.24) is 15.0 Å². The maximum Gasteiger partial charge on any atom is 0.224 e. The molecule has 34 heavy (non-hydrogen) atoms. The summed E-state index contributed by atoms with van der Waals surface area (Å²) in [5.74, 6) is 0.357. The third-order valence-electron chi connectivity index (χ3n) is 5.49. The van der Waals surface area contributed by atoms with Gasteiger partial charge in [-0.25, -0.2) is 4.39 Å². The number of nitrogens with two attached hydrogens (primary N) is 1. The number of amides is 1. The Balaban J connectivity index is 1.30. The molecular weight excluding hydrogens is 433 g/mol. The molecule has 0 spiro atoms. The van der Waals surface area contributed by atoms with Crippen LogP contribution in [0.3, 0.4) is 0 Å². The Hall–Kier alpha value is -4.20. The topological polar surface area (TPSA) is 95.1 Å². The van der Waals surface area contributed by atoms with Gasteiger partial charge in [0.1, 0.15) is 11.6 Å². The van der Waals surface area contributed by atoms with E-state index in [9.17, 15) is 9.18 Å². The number of nitrogens with one attached hydrogen (secondary N) is 1. The third kappa shape index (κ3) is 5.98. The zero-order valence-electron chi connectivity index (χ0n) is 18.9. The summed E-state index contributed by atoms with van der Waals surface area (Å²) in [5.41, 5.74) is 10.6. The van der Waals surface area contributed by atoms with Gasteiger partial charge in [-0.3, -0.25) is 9.48 Å². The highest BCUT2D eigenvalue weighted by Crippen LogP contribution is 2.27. The number of rotatable bonds is 9. The van der Waals surface area contributed by atoms with Gasteiger partial charge in [0.05, 0.1) is 24.2 Å². The SMILES string of the molecule is COc1ccc(CCn2cc(CCC(=O)Nc3cc(-c4ccc(F)cc4)ccc3N)nn2)cc1. The Labute approximate surface area is 197 Å². The van der Waals surface area contributed by atoms with E-state index in [0.29, 0.717) is 24.3 Å². The quantitative estimate of drug-likeness (QED) is 0.360. The smallest absolute Gasteiger partial charge is 0.224 e. The number of anilines is 2. The third-order valence-corrected chi connectivity index (χ3v) is 5.49. The molecule has 1 heterocycles. The summed E-state index contributed by atoms with van der Waals surface area (Å²) in [6, 6.07) is 19.4. The Morgan fingerprint density at radius 2 is 1.76 bits per heavy atom. The van der Waals surface area contributed by atoms with E-state index in [1.165, 1.54) is 17.7 Å². The highest BCUT2D eigenvalue weighted by atomic mass is 19.1. The van der Waals surface area contributed by atoms with Crippen LogP contribution >= 0.6 is 0 Å². The molecule has 174 valence electrons. The number of ether oxygens (including phenoxy) is 1. The second kappa shape index (κ2) is 10.6. The number of hydrogen-bond donors (Lipinski definition) is 2. The summed E-state index contributed by atoms with van der Waals surface area (Å²) in [6.07, 6.45) is 3.39. The number of nitrogens with zero attached hydrogens (tertiary/aromatic N) is 3. The van der Waals surface area contributed by atoms with E-state index in [4.69, 9.17) is 10.5 Å². The lowest BCUT2D eigenvalue weighted by Crippen LogP contribution is -2.13. The molecule has 8 heteroatoms. The normalized spacial score (nSPS) is 10.8. The van der Waals surface area contributed by atoms with Crippen LogP contribution in [0.5, 0.6) is 5.75 Å². The molecule has 0 saturated carbocycles. The predicted octanol–water partition coefficient (Wildman–Crippen LogP) is 4.49. The highest BCUT2D eigenvalue weighted by Gasteiger charge is 2.10. The number of hydrogen-bond acceptors (Lipinski definition) is 5. The minimum atomic E-state index is -0.301. The number of aromatic nitrogens is 3. The van der Waals surface area contributed by atoms with Gasteiger partial charge in [0.15, 0.2) is 0 Å². The lowest BCUT2D eigenvalue weighted by molar-refractivity contribution is -0.116. The lowest BCUT2D eigenvalue weighted by Gasteiger charge is -2.10. The van der Waals surface area contributed by atoms with Crippen LogP contribution in [0.2, 0.25) is 0 Å². The minimum Gasteiger partial charge on any atom is -0.497 e. The molecule has 0 fully saturated rings. The summed E-state index contributed by atoms with van der Waals surface area (Å²) in [6.45, 7) is 0.693. The predicted molar refractivity (Wildman–Crippen MR) is 130 cm³/mol. The fourth-order valence-corrected chi connectivity index (χ4v) is 3.54. The average Bonchev–Trinajstić information content (AvgIpc) is 3.31. The summed E-state index contributed by atoms with van der Waals surface area (Å²) in [5, 5.41) is 11.2. The molecule has 0 aliphatic carbocycles. The molecule has 0 aliphatic rings. The van der Waals surface area contributed by atoms with Gasteiger partial charge in [0.25, 0.3) is 0 Å². The van der Waals surface area contributed by atoms with E-state index < -0.39 is 0 Å². The largest absolute Gasteiger partial charge is 0.497 e. The van der Waals surface area contributed by atoms with E-state index in [1.807, 2.05) is 36.5 Å². The molecule has 3 aromatic carbocycles. The van der Waals surface area contributed by atoms with Crippen molar-refractivity contribution in [2.75, 3.05) is 18.2 Å². The second-order valence-electron chi connectivity index (χ2n) is 7.93. The summed E-state index contributed by atoms with van der Waals surface area (Å²) < 4.78 is 20.2. The van der Waals surface area contributed by atoms with Gasteiger partial charge in [0.2, 0.25) is 5.91 Å². The van der Waals surface area contributed by atoms with Crippen molar-refractivity contribution in [2.24, 2.45) is 0 Å². The zero-order valence-corrected chi connectivity index (χ0v) is 18.9. The van der Waals surface area contributed by atoms with E-state index >= 15 is 0 Å². The molecule has 3 N–H and O–H groups in total. The molecular formula is C26H26FN5O2. The van der Waals surface area contributed by atoms with Crippen molar-refractivity contribution in [3.8, 4) is 16.9 Å². The van der Waals surface area contributed by atoms with Crippen LogP contribution < -0.4 is 15.8 Å². The summed E-state index contributed by atoms with van der Waals surface area (Å²) >= 11 is 0. The van der Waals surface area contributed by atoms with Crippen molar-refractivity contribution < 1.29 is 13.9 Å². The van der Waals surface area contributed by atoms with Gasteiger partial charge >= 0.3 is 0 Å². The van der Waals surface area contributed by atoms with Crippen LogP contribution in [-0.4, -0.2) is 28.0 Å². The molecule has 0 radical (unpaired) electrons. The van der Waals surface area contributed by atoms with Crippen LogP contribution in [0, 0.1) is 5.82 Å². The standard InChI is InChI=1S/C26H26FN5O2/c1-34-23-10-2-18(3-11-23)14-15-32-17-22(30-31-32)9-13-26(33)29-25-16-20(6-12-24(25)28)19-4-7-21(27)8-5-19/h2-8,10-12,16-17H,9,13-15,28H2,1H3,(H,29,33). The molecule has 0 aliphatic heterocycles. The van der Waals surface area contributed by atoms with Gasteiger partial charge in [-0.05, 0) is 59.5 Å². The van der Waals surface area contributed by atoms with Crippen LogP contribution in [0.4, 0.5) is 15.8 Å². The Morgan fingerprint density at radius 3 is 2.50 bits per heavy atom. The monoisotopic (exact) mass is 459 g/mol.